The Hall–Kier alpha value is -0.970. The maximum Gasteiger partial charge on any atom is 0.0263 e. The standard InChI is InChI=1S/C12H17N3S/c1-10(12-9-14-15(13)16-12)7-8-11-5-3-2-4-6-11/h2-6,9-10,14H,7-8,13H2,1H3. The van der Waals surface area contributed by atoms with Crippen LogP contribution in [-0.2, 0) is 6.42 Å². The largest absolute Gasteiger partial charge is 0.302 e. The van der Waals surface area contributed by atoms with E-state index >= 15 is 0 Å². The Labute approximate surface area is 101 Å². The maximum atomic E-state index is 5.60. The van der Waals surface area contributed by atoms with Crippen molar-refractivity contribution in [2.75, 3.05) is 0 Å². The van der Waals surface area contributed by atoms with Crippen LogP contribution in [-0.4, -0.2) is 4.52 Å². The molecule has 0 bridgehead atoms. The molecule has 3 N–H and O–H groups in total. The van der Waals surface area contributed by atoms with Gasteiger partial charge in [-0.1, -0.05) is 41.8 Å². The van der Waals surface area contributed by atoms with Gasteiger partial charge in [0, 0.05) is 11.1 Å². The van der Waals surface area contributed by atoms with Gasteiger partial charge < -0.3 is 5.43 Å². The Kier molecular flexibility index (Phi) is 3.88. The van der Waals surface area contributed by atoms with Gasteiger partial charge in [0.15, 0.2) is 0 Å². The van der Waals surface area contributed by atoms with Gasteiger partial charge in [0.1, 0.15) is 0 Å². The molecule has 1 unspecified atom stereocenters. The molecule has 3 nitrogen and oxygen atoms in total. The fourth-order valence-electron chi connectivity index (χ4n) is 1.70. The molecule has 0 fully saturated rings. The average Bonchev–Trinajstić information content (AvgIpc) is 2.74. The lowest BCUT2D eigenvalue weighted by Gasteiger charge is -2.12. The molecule has 16 heavy (non-hydrogen) atoms. The summed E-state index contributed by atoms with van der Waals surface area (Å²) in [5.74, 6) is 6.15. The lowest BCUT2D eigenvalue weighted by molar-refractivity contribution is 0.440. The summed E-state index contributed by atoms with van der Waals surface area (Å²) in [4.78, 5) is 1.30. The van der Waals surface area contributed by atoms with Crippen LogP contribution in [0, 0.1) is 5.92 Å². The van der Waals surface area contributed by atoms with Crippen molar-refractivity contribution < 1.29 is 0 Å². The topological polar surface area (TPSA) is 41.3 Å². The molecule has 2 rings (SSSR count). The number of allylic oxidation sites excluding steroid dienone is 1. The van der Waals surface area contributed by atoms with E-state index in [1.807, 2.05) is 6.20 Å². The van der Waals surface area contributed by atoms with E-state index in [2.05, 4.69) is 42.7 Å². The van der Waals surface area contributed by atoms with Crippen LogP contribution in [0.5, 0.6) is 0 Å². The molecule has 0 saturated heterocycles. The minimum Gasteiger partial charge on any atom is -0.302 e. The molecule has 1 atom stereocenters. The molecule has 0 saturated carbocycles. The molecule has 0 aromatic heterocycles. The predicted molar refractivity (Wildman–Crippen MR) is 68.8 cm³/mol. The summed E-state index contributed by atoms with van der Waals surface area (Å²) in [6.07, 6.45) is 4.25. The predicted octanol–water partition coefficient (Wildman–Crippen LogP) is 2.44. The quantitative estimate of drug-likeness (QED) is 0.621. The molecule has 1 aromatic rings. The van der Waals surface area contributed by atoms with Crippen molar-refractivity contribution in [3.63, 3.8) is 0 Å². The molecule has 0 aliphatic carbocycles. The van der Waals surface area contributed by atoms with E-state index < -0.39 is 0 Å². The van der Waals surface area contributed by atoms with Crippen LogP contribution >= 0.6 is 11.9 Å². The van der Waals surface area contributed by atoms with Gasteiger partial charge in [-0.15, -0.1) is 0 Å². The van der Waals surface area contributed by atoms with Crippen LogP contribution in [0.4, 0.5) is 0 Å². The van der Waals surface area contributed by atoms with Crippen LogP contribution in [0.15, 0.2) is 41.4 Å². The lowest BCUT2D eigenvalue weighted by Crippen LogP contribution is -2.30. The van der Waals surface area contributed by atoms with Crippen LogP contribution in [0.3, 0.4) is 0 Å². The number of benzene rings is 1. The van der Waals surface area contributed by atoms with Gasteiger partial charge in [-0.25, -0.2) is 5.84 Å². The van der Waals surface area contributed by atoms with Gasteiger partial charge >= 0.3 is 0 Å². The van der Waals surface area contributed by atoms with Crippen LogP contribution in [0.1, 0.15) is 18.9 Å². The summed E-state index contributed by atoms with van der Waals surface area (Å²) in [5.41, 5.74) is 4.36. The lowest BCUT2D eigenvalue weighted by atomic mass is 10.0. The molecule has 1 heterocycles. The first-order valence-electron chi connectivity index (χ1n) is 5.48. The number of nitrogens with zero attached hydrogens (tertiary/aromatic N) is 1. The molecule has 1 aromatic carbocycles. The van der Waals surface area contributed by atoms with Crippen LogP contribution in [0.2, 0.25) is 0 Å². The highest BCUT2D eigenvalue weighted by Crippen LogP contribution is 2.30. The Bertz CT molecular complexity index is 364. The summed E-state index contributed by atoms with van der Waals surface area (Å²) in [6.45, 7) is 2.24. The van der Waals surface area contributed by atoms with Crippen molar-refractivity contribution in [1.82, 2.24) is 9.95 Å². The molecule has 0 amide bonds. The third-order valence-corrected chi connectivity index (χ3v) is 3.77. The zero-order chi connectivity index (χ0) is 11.4. The highest BCUT2D eigenvalue weighted by molar-refractivity contribution is 8.00. The van der Waals surface area contributed by atoms with Crippen molar-refractivity contribution in [3.05, 3.63) is 47.0 Å². The average molecular weight is 235 g/mol. The highest BCUT2D eigenvalue weighted by Gasteiger charge is 2.17. The number of rotatable bonds is 4. The van der Waals surface area contributed by atoms with Gasteiger partial charge in [-0.2, -0.15) is 0 Å². The van der Waals surface area contributed by atoms with Gasteiger partial charge in [0.25, 0.3) is 0 Å². The Morgan fingerprint density at radius 3 is 2.75 bits per heavy atom. The first-order chi connectivity index (χ1) is 7.75. The van der Waals surface area contributed by atoms with E-state index in [0.717, 1.165) is 12.8 Å². The molecule has 86 valence electrons. The van der Waals surface area contributed by atoms with Gasteiger partial charge in [0.2, 0.25) is 0 Å². The Morgan fingerprint density at radius 2 is 2.12 bits per heavy atom. The van der Waals surface area contributed by atoms with Gasteiger partial charge in [-0.3, -0.25) is 0 Å². The zero-order valence-electron chi connectivity index (χ0n) is 9.39. The van der Waals surface area contributed by atoms with Crippen LogP contribution in [0.25, 0.3) is 0 Å². The fourth-order valence-corrected chi connectivity index (χ4v) is 2.43. The minimum atomic E-state index is 0.547. The summed E-state index contributed by atoms with van der Waals surface area (Å²) < 4.78 is 1.54. The van der Waals surface area contributed by atoms with E-state index in [-0.39, 0.29) is 0 Å². The van der Waals surface area contributed by atoms with E-state index in [1.165, 1.54) is 15.0 Å². The number of nitrogens with one attached hydrogen (secondary N) is 1. The van der Waals surface area contributed by atoms with Crippen molar-refractivity contribution in [3.8, 4) is 0 Å². The maximum absolute atomic E-state index is 5.60. The molecular weight excluding hydrogens is 218 g/mol. The second-order valence-corrected chi connectivity index (χ2v) is 5.07. The van der Waals surface area contributed by atoms with Gasteiger partial charge in [0.05, 0.1) is 0 Å². The van der Waals surface area contributed by atoms with Crippen LogP contribution < -0.4 is 11.3 Å². The Morgan fingerprint density at radius 1 is 1.38 bits per heavy atom. The fraction of sp³-hybridized carbons (Fsp3) is 0.333. The van der Waals surface area contributed by atoms with E-state index in [9.17, 15) is 0 Å². The third-order valence-electron chi connectivity index (χ3n) is 2.73. The molecule has 4 heteroatoms. The monoisotopic (exact) mass is 235 g/mol. The second kappa shape index (κ2) is 5.39. The number of hydrazine groups is 2. The summed E-state index contributed by atoms with van der Waals surface area (Å²) >= 11 is 1.57. The first-order valence-corrected chi connectivity index (χ1v) is 6.26. The molecule has 0 radical (unpaired) electrons. The van der Waals surface area contributed by atoms with E-state index in [4.69, 9.17) is 5.84 Å². The SMILES string of the molecule is CC(CCc1ccccc1)C1=CNN(N)S1. The van der Waals surface area contributed by atoms with Crippen molar-refractivity contribution in [1.29, 1.82) is 0 Å². The Balaban J connectivity index is 1.82. The van der Waals surface area contributed by atoms with E-state index in [0.29, 0.717) is 5.92 Å². The zero-order valence-corrected chi connectivity index (χ0v) is 10.2. The molecule has 1 aliphatic rings. The smallest absolute Gasteiger partial charge is 0.0263 e. The number of nitrogens with two attached hydrogens (primary N) is 1. The van der Waals surface area contributed by atoms with Crippen molar-refractivity contribution in [2.24, 2.45) is 11.8 Å². The van der Waals surface area contributed by atoms with E-state index in [1.54, 1.807) is 11.9 Å². The number of aryl methyl sites for hydroxylation is 1. The minimum absolute atomic E-state index is 0.547. The highest BCUT2D eigenvalue weighted by atomic mass is 32.2. The van der Waals surface area contributed by atoms with Crippen molar-refractivity contribution in [2.45, 2.75) is 19.8 Å². The molecular formula is C12H17N3S. The molecule has 0 spiro atoms. The second-order valence-electron chi connectivity index (χ2n) is 4.02. The number of hydrogen-bond donors (Lipinski definition) is 2. The summed E-state index contributed by atoms with van der Waals surface area (Å²) in [7, 11) is 0. The normalized spacial score (nSPS) is 18.0. The summed E-state index contributed by atoms with van der Waals surface area (Å²) in [6, 6.07) is 10.6. The van der Waals surface area contributed by atoms with Gasteiger partial charge in [-0.05, 0) is 36.3 Å². The van der Waals surface area contributed by atoms with Crippen molar-refractivity contribution >= 4 is 11.9 Å². The number of hydrogen-bond acceptors (Lipinski definition) is 4. The molecule has 1 aliphatic heterocycles. The summed E-state index contributed by atoms with van der Waals surface area (Å²) in [5, 5.41) is 0. The third kappa shape index (κ3) is 3.01. The first kappa shape index (κ1) is 11.5.